The third-order valence-corrected chi connectivity index (χ3v) is 2.92. The van der Waals surface area contributed by atoms with Crippen molar-refractivity contribution in [2.24, 2.45) is 0 Å². The van der Waals surface area contributed by atoms with E-state index in [-0.39, 0.29) is 0 Å². The SMILES string of the molecule is CC.CC.CCc1cc(N)ccc1Nc1ccccc1C. The Labute approximate surface area is 130 Å². The molecule has 0 aliphatic rings. The molecule has 0 heterocycles. The average molecular weight is 286 g/mol. The molecule has 0 atom stereocenters. The molecule has 0 aliphatic heterocycles. The second-order valence-corrected chi connectivity index (χ2v) is 4.21. The Kier molecular flexibility index (Phi) is 9.78. The van der Waals surface area contributed by atoms with E-state index in [1.54, 1.807) is 0 Å². The lowest BCUT2D eigenvalue weighted by Gasteiger charge is -2.13. The summed E-state index contributed by atoms with van der Waals surface area (Å²) in [5, 5.41) is 3.46. The Morgan fingerprint density at radius 3 is 2.10 bits per heavy atom. The van der Waals surface area contributed by atoms with Crippen molar-refractivity contribution in [2.75, 3.05) is 11.1 Å². The number of hydrogen-bond donors (Lipinski definition) is 2. The van der Waals surface area contributed by atoms with Crippen molar-refractivity contribution < 1.29 is 0 Å². The van der Waals surface area contributed by atoms with Gasteiger partial charge in [-0.1, -0.05) is 52.8 Å². The molecular formula is C19H30N2. The van der Waals surface area contributed by atoms with Crippen LogP contribution in [0.2, 0.25) is 0 Å². The number of aryl methyl sites for hydroxylation is 2. The molecule has 3 N–H and O–H groups in total. The van der Waals surface area contributed by atoms with Gasteiger partial charge in [-0.3, -0.25) is 0 Å². The molecule has 2 nitrogen and oxygen atoms in total. The molecule has 0 unspecified atom stereocenters. The zero-order chi connectivity index (χ0) is 16.3. The van der Waals surface area contributed by atoms with Crippen LogP contribution in [0.5, 0.6) is 0 Å². The van der Waals surface area contributed by atoms with Gasteiger partial charge in [-0.05, 0) is 48.7 Å². The second kappa shape index (κ2) is 10.8. The van der Waals surface area contributed by atoms with Crippen molar-refractivity contribution >= 4 is 17.1 Å². The highest BCUT2D eigenvalue weighted by molar-refractivity contribution is 5.68. The van der Waals surface area contributed by atoms with Crippen molar-refractivity contribution in [3.8, 4) is 0 Å². The van der Waals surface area contributed by atoms with E-state index in [0.717, 1.165) is 23.5 Å². The van der Waals surface area contributed by atoms with Crippen LogP contribution in [0.25, 0.3) is 0 Å². The molecular weight excluding hydrogens is 256 g/mol. The molecule has 0 fully saturated rings. The number of nitrogens with two attached hydrogens (primary N) is 1. The first-order chi connectivity index (χ1) is 10.2. The van der Waals surface area contributed by atoms with Crippen molar-refractivity contribution in [2.45, 2.75) is 48.0 Å². The highest BCUT2D eigenvalue weighted by Gasteiger charge is 2.03. The van der Waals surface area contributed by atoms with Crippen LogP contribution in [0, 0.1) is 6.92 Å². The molecule has 0 radical (unpaired) electrons. The first kappa shape index (κ1) is 19.0. The number of nitrogen functional groups attached to an aromatic ring is 1. The molecule has 2 rings (SSSR count). The molecule has 2 heteroatoms. The number of benzene rings is 2. The van der Waals surface area contributed by atoms with E-state index >= 15 is 0 Å². The minimum absolute atomic E-state index is 0.817. The van der Waals surface area contributed by atoms with Crippen molar-refractivity contribution in [1.29, 1.82) is 0 Å². The minimum Gasteiger partial charge on any atom is -0.399 e. The van der Waals surface area contributed by atoms with Crippen LogP contribution < -0.4 is 11.1 Å². The van der Waals surface area contributed by atoms with Crippen LogP contribution in [0.1, 0.15) is 45.7 Å². The Morgan fingerprint density at radius 2 is 1.52 bits per heavy atom. The van der Waals surface area contributed by atoms with Gasteiger partial charge in [0.1, 0.15) is 0 Å². The summed E-state index contributed by atoms with van der Waals surface area (Å²) in [6.07, 6.45) is 0.971. The molecule has 0 bridgehead atoms. The van der Waals surface area contributed by atoms with Crippen LogP contribution >= 0.6 is 0 Å². The Balaban J connectivity index is 0.000000921. The first-order valence-corrected chi connectivity index (χ1v) is 7.91. The molecule has 0 aliphatic carbocycles. The van der Waals surface area contributed by atoms with E-state index in [1.165, 1.54) is 11.1 Å². The Morgan fingerprint density at radius 1 is 0.905 bits per heavy atom. The summed E-state index contributed by atoms with van der Waals surface area (Å²) in [5.41, 5.74) is 11.4. The van der Waals surface area contributed by atoms with Crippen LogP contribution in [-0.4, -0.2) is 0 Å². The third kappa shape index (κ3) is 5.90. The quantitative estimate of drug-likeness (QED) is 0.686. The summed E-state index contributed by atoms with van der Waals surface area (Å²) in [7, 11) is 0. The fourth-order valence-electron chi connectivity index (χ4n) is 1.89. The van der Waals surface area contributed by atoms with Gasteiger partial charge in [0, 0.05) is 17.1 Å². The topological polar surface area (TPSA) is 38.0 Å². The van der Waals surface area contributed by atoms with E-state index in [9.17, 15) is 0 Å². The molecule has 0 amide bonds. The standard InChI is InChI=1S/C15H18N2.2C2H6/c1-3-12-10-13(16)8-9-15(12)17-14-7-5-4-6-11(14)2;2*1-2/h4-10,17H,3,16H2,1-2H3;2*1-2H3. The fourth-order valence-corrected chi connectivity index (χ4v) is 1.89. The number of para-hydroxylation sites is 1. The molecule has 21 heavy (non-hydrogen) atoms. The largest absolute Gasteiger partial charge is 0.399 e. The van der Waals surface area contributed by atoms with Gasteiger partial charge in [-0.25, -0.2) is 0 Å². The predicted molar refractivity (Wildman–Crippen MR) is 97.4 cm³/mol. The van der Waals surface area contributed by atoms with Crippen LogP contribution in [0.3, 0.4) is 0 Å². The van der Waals surface area contributed by atoms with Crippen LogP contribution in [-0.2, 0) is 6.42 Å². The van der Waals surface area contributed by atoms with Gasteiger partial charge in [0.15, 0.2) is 0 Å². The van der Waals surface area contributed by atoms with Crippen molar-refractivity contribution in [1.82, 2.24) is 0 Å². The van der Waals surface area contributed by atoms with Crippen molar-refractivity contribution in [3.63, 3.8) is 0 Å². The molecule has 0 saturated heterocycles. The number of rotatable bonds is 3. The lowest BCUT2D eigenvalue weighted by atomic mass is 10.1. The lowest BCUT2D eigenvalue weighted by Crippen LogP contribution is -1.98. The van der Waals surface area contributed by atoms with Gasteiger partial charge < -0.3 is 11.1 Å². The van der Waals surface area contributed by atoms with E-state index < -0.39 is 0 Å². The molecule has 116 valence electrons. The second-order valence-electron chi connectivity index (χ2n) is 4.21. The maximum atomic E-state index is 5.80. The van der Waals surface area contributed by atoms with Gasteiger partial charge in [0.05, 0.1) is 0 Å². The summed E-state index contributed by atoms with van der Waals surface area (Å²) in [6, 6.07) is 14.3. The minimum atomic E-state index is 0.817. The Hall–Kier alpha value is -1.96. The van der Waals surface area contributed by atoms with E-state index in [0.29, 0.717) is 0 Å². The summed E-state index contributed by atoms with van der Waals surface area (Å²) in [5.74, 6) is 0. The normalized spacial score (nSPS) is 8.86. The number of nitrogens with one attached hydrogen (secondary N) is 1. The predicted octanol–water partition coefficient (Wildman–Crippen LogP) is 5.94. The highest BCUT2D eigenvalue weighted by Crippen LogP contribution is 2.25. The summed E-state index contributed by atoms with van der Waals surface area (Å²) in [4.78, 5) is 0. The number of hydrogen-bond acceptors (Lipinski definition) is 2. The lowest BCUT2D eigenvalue weighted by molar-refractivity contribution is 1.14. The summed E-state index contributed by atoms with van der Waals surface area (Å²) in [6.45, 7) is 12.2. The molecule has 0 aromatic heterocycles. The van der Waals surface area contributed by atoms with E-state index in [1.807, 2.05) is 58.0 Å². The van der Waals surface area contributed by atoms with Gasteiger partial charge in [0.25, 0.3) is 0 Å². The van der Waals surface area contributed by atoms with Gasteiger partial charge in [0.2, 0.25) is 0 Å². The maximum absolute atomic E-state index is 5.80. The first-order valence-electron chi connectivity index (χ1n) is 7.91. The summed E-state index contributed by atoms with van der Waals surface area (Å²) >= 11 is 0. The summed E-state index contributed by atoms with van der Waals surface area (Å²) < 4.78 is 0. The smallest absolute Gasteiger partial charge is 0.0418 e. The average Bonchev–Trinajstić information content (AvgIpc) is 2.55. The van der Waals surface area contributed by atoms with Gasteiger partial charge in [-0.15, -0.1) is 0 Å². The third-order valence-electron chi connectivity index (χ3n) is 2.92. The molecule has 0 saturated carbocycles. The van der Waals surface area contributed by atoms with Crippen molar-refractivity contribution in [3.05, 3.63) is 53.6 Å². The van der Waals surface area contributed by atoms with Gasteiger partial charge >= 0.3 is 0 Å². The van der Waals surface area contributed by atoms with E-state index in [4.69, 9.17) is 5.73 Å². The maximum Gasteiger partial charge on any atom is 0.0418 e. The van der Waals surface area contributed by atoms with E-state index in [2.05, 4.69) is 31.3 Å². The molecule has 0 spiro atoms. The zero-order valence-electron chi connectivity index (χ0n) is 14.3. The molecule has 2 aromatic carbocycles. The number of anilines is 3. The zero-order valence-corrected chi connectivity index (χ0v) is 14.3. The monoisotopic (exact) mass is 286 g/mol. The van der Waals surface area contributed by atoms with Crippen LogP contribution in [0.4, 0.5) is 17.1 Å². The van der Waals surface area contributed by atoms with Gasteiger partial charge in [-0.2, -0.15) is 0 Å². The van der Waals surface area contributed by atoms with Crippen LogP contribution in [0.15, 0.2) is 42.5 Å². The molecule has 2 aromatic rings. The fraction of sp³-hybridized carbons (Fsp3) is 0.368. The Bertz CT molecular complexity index is 519. The highest BCUT2D eigenvalue weighted by atomic mass is 14.9.